The van der Waals surface area contributed by atoms with Gasteiger partial charge in [0.1, 0.15) is 11.9 Å². The summed E-state index contributed by atoms with van der Waals surface area (Å²) in [6, 6.07) is 5.36. The number of fused-ring (bicyclic) bond motifs is 1. The van der Waals surface area contributed by atoms with Crippen molar-refractivity contribution < 1.29 is 14.3 Å². The number of likely N-dealkylation sites (N-methyl/N-ethyl adjacent to an activating group) is 1. The molecule has 1 saturated heterocycles. The largest absolute Gasteiger partial charge is 0.453 e. The van der Waals surface area contributed by atoms with E-state index in [0.717, 1.165) is 26.8 Å². The van der Waals surface area contributed by atoms with Crippen molar-refractivity contribution in [3.05, 3.63) is 27.6 Å². The zero-order valence-electron chi connectivity index (χ0n) is 16.9. The summed E-state index contributed by atoms with van der Waals surface area (Å²) in [7, 11) is 2.95. The number of hydrogen-bond donors (Lipinski definition) is 1. The van der Waals surface area contributed by atoms with Gasteiger partial charge < -0.3 is 14.6 Å². The molecule has 0 saturated carbocycles. The highest BCUT2D eigenvalue weighted by Crippen LogP contribution is 2.36. The number of carbonyl (C=O) groups is 2. The summed E-state index contributed by atoms with van der Waals surface area (Å²) < 4.78 is 5.97. The second-order valence-corrected chi connectivity index (χ2v) is 9.15. The first kappa shape index (κ1) is 20.9. The number of carbonyl (C=O) groups excluding carboxylic acids is 2. The normalized spacial score (nSPS) is 20.6. The Balaban J connectivity index is 1.93. The highest BCUT2D eigenvalue weighted by Gasteiger charge is 2.41. The molecular weight excluding hydrogens is 471 g/mol. The minimum atomic E-state index is -0.578. The van der Waals surface area contributed by atoms with Crippen molar-refractivity contribution in [1.82, 2.24) is 19.8 Å². The van der Waals surface area contributed by atoms with Gasteiger partial charge in [0.05, 0.1) is 24.2 Å². The van der Waals surface area contributed by atoms with E-state index in [2.05, 4.69) is 40.6 Å². The minimum Gasteiger partial charge on any atom is -0.453 e. The van der Waals surface area contributed by atoms with Crippen LogP contribution in [0.4, 0.5) is 4.79 Å². The molecule has 3 rings (SSSR count). The molecule has 1 fully saturated rings. The summed E-state index contributed by atoms with van der Waals surface area (Å²) in [4.78, 5) is 37.0. The predicted octanol–water partition coefficient (Wildman–Crippen LogP) is 3.80. The number of aromatic nitrogens is 2. The van der Waals surface area contributed by atoms with Crippen molar-refractivity contribution in [2.75, 3.05) is 20.7 Å². The second kappa shape index (κ2) is 8.26. The van der Waals surface area contributed by atoms with E-state index in [1.807, 2.05) is 30.9 Å². The summed E-state index contributed by atoms with van der Waals surface area (Å²) >= 11 is 2.27. The molecule has 7 nitrogen and oxygen atoms in total. The Kier molecular flexibility index (Phi) is 6.16. The lowest BCUT2D eigenvalue weighted by atomic mass is 10.0. The van der Waals surface area contributed by atoms with Crippen LogP contribution in [-0.4, -0.2) is 58.5 Å². The third kappa shape index (κ3) is 3.97. The lowest BCUT2D eigenvalue weighted by Gasteiger charge is -2.34. The number of amides is 2. The van der Waals surface area contributed by atoms with E-state index in [1.165, 1.54) is 12.0 Å². The number of methoxy groups -OCH3 is 1. The van der Waals surface area contributed by atoms with Crippen molar-refractivity contribution in [2.45, 2.75) is 39.3 Å². The quantitative estimate of drug-likeness (QED) is 0.651. The molecule has 0 aliphatic carbocycles. The molecule has 2 aromatic rings. The Morgan fingerprint density at radius 1 is 1.39 bits per heavy atom. The van der Waals surface area contributed by atoms with Gasteiger partial charge in [-0.2, -0.15) is 0 Å². The first-order valence-corrected chi connectivity index (χ1v) is 10.6. The number of H-pyrrole nitrogens is 1. The van der Waals surface area contributed by atoms with Gasteiger partial charge in [-0.25, -0.2) is 9.78 Å². The fourth-order valence-electron chi connectivity index (χ4n) is 4.03. The molecule has 2 amide bonds. The van der Waals surface area contributed by atoms with Crippen LogP contribution >= 0.6 is 22.6 Å². The number of imidazole rings is 1. The molecule has 2 heterocycles. The number of halogens is 1. The summed E-state index contributed by atoms with van der Waals surface area (Å²) in [5.74, 6) is 1.06. The van der Waals surface area contributed by atoms with Crippen LogP contribution in [0, 0.1) is 15.4 Å². The van der Waals surface area contributed by atoms with E-state index in [-0.39, 0.29) is 17.9 Å². The maximum absolute atomic E-state index is 13.5. The van der Waals surface area contributed by atoms with Crippen molar-refractivity contribution in [2.24, 2.45) is 11.8 Å². The van der Waals surface area contributed by atoms with Crippen LogP contribution in [0.1, 0.15) is 39.1 Å². The van der Waals surface area contributed by atoms with E-state index >= 15 is 0 Å². The van der Waals surface area contributed by atoms with Gasteiger partial charge in [0, 0.05) is 17.2 Å². The molecular formula is C20H27IN4O3. The van der Waals surface area contributed by atoms with E-state index < -0.39 is 12.1 Å². The zero-order chi connectivity index (χ0) is 20.6. The van der Waals surface area contributed by atoms with Gasteiger partial charge in [-0.3, -0.25) is 9.69 Å². The van der Waals surface area contributed by atoms with Crippen molar-refractivity contribution in [3.8, 4) is 0 Å². The van der Waals surface area contributed by atoms with Crippen LogP contribution < -0.4 is 0 Å². The highest BCUT2D eigenvalue weighted by molar-refractivity contribution is 14.1. The van der Waals surface area contributed by atoms with Gasteiger partial charge in [-0.15, -0.1) is 0 Å². The molecule has 0 spiro atoms. The van der Waals surface area contributed by atoms with Crippen molar-refractivity contribution in [1.29, 1.82) is 0 Å². The van der Waals surface area contributed by atoms with Crippen LogP contribution in [0.3, 0.4) is 0 Å². The molecule has 1 unspecified atom stereocenters. The third-order valence-electron chi connectivity index (χ3n) is 5.34. The SMILES string of the molecule is COC(=O)N(C)C(C(=O)N1C[C@@H](C)C[C@H]1c1nc2ccc(I)cc2[nH]1)C(C)C. The van der Waals surface area contributed by atoms with E-state index in [1.54, 1.807) is 7.05 Å². The monoisotopic (exact) mass is 498 g/mol. The van der Waals surface area contributed by atoms with Crippen molar-refractivity contribution in [3.63, 3.8) is 0 Å². The zero-order valence-corrected chi connectivity index (χ0v) is 19.1. The Bertz CT molecular complexity index is 881. The van der Waals surface area contributed by atoms with Gasteiger partial charge in [-0.05, 0) is 59.0 Å². The molecule has 1 aliphatic heterocycles. The second-order valence-electron chi connectivity index (χ2n) is 7.90. The standard InChI is InChI=1S/C20H27IN4O3/c1-11(2)17(24(4)20(27)28-5)19(26)25-10-12(3)8-16(25)18-22-14-7-6-13(21)9-15(14)23-18/h6-7,9,11-12,16-17H,8,10H2,1-5H3,(H,22,23)/t12-,16-,17?/m0/s1. The average Bonchev–Trinajstić information content (AvgIpc) is 3.23. The molecule has 28 heavy (non-hydrogen) atoms. The Morgan fingerprint density at radius 2 is 2.11 bits per heavy atom. The van der Waals surface area contributed by atoms with Crippen molar-refractivity contribution >= 4 is 45.6 Å². The number of hydrogen-bond acceptors (Lipinski definition) is 4. The van der Waals surface area contributed by atoms with Crippen LogP contribution in [0.25, 0.3) is 11.0 Å². The first-order chi connectivity index (χ1) is 13.2. The number of aromatic amines is 1. The molecule has 1 N–H and O–H groups in total. The summed E-state index contributed by atoms with van der Waals surface area (Å²) in [6.45, 7) is 6.68. The van der Waals surface area contributed by atoms with E-state index in [0.29, 0.717) is 12.5 Å². The Morgan fingerprint density at radius 3 is 2.75 bits per heavy atom. The molecule has 0 radical (unpaired) electrons. The summed E-state index contributed by atoms with van der Waals surface area (Å²) in [6.07, 6.45) is 0.337. The fourth-order valence-corrected chi connectivity index (χ4v) is 4.52. The minimum absolute atomic E-state index is 0.0367. The number of nitrogens with zero attached hydrogens (tertiary/aromatic N) is 3. The molecule has 1 aliphatic rings. The molecule has 1 aromatic carbocycles. The maximum atomic E-state index is 13.5. The van der Waals surface area contributed by atoms with Crippen LogP contribution in [-0.2, 0) is 9.53 Å². The number of benzene rings is 1. The fraction of sp³-hybridized carbons (Fsp3) is 0.550. The van der Waals surface area contributed by atoms with Crippen LogP contribution in [0.15, 0.2) is 18.2 Å². The van der Waals surface area contributed by atoms with Crippen LogP contribution in [0.2, 0.25) is 0 Å². The lowest BCUT2D eigenvalue weighted by Crippen LogP contribution is -2.52. The lowest BCUT2D eigenvalue weighted by molar-refractivity contribution is -0.138. The van der Waals surface area contributed by atoms with E-state index in [9.17, 15) is 9.59 Å². The summed E-state index contributed by atoms with van der Waals surface area (Å²) in [5, 5.41) is 0. The average molecular weight is 498 g/mol. The first-order valence-electron chi connectivity index (χ1n) is 9.49. The summed E-state index contributed by atoms with van der Waals surface area (Å²) in [5.41, 5.74) is 1.87. The number of rotatable bonds is 4. The molecule has 0 bridgehead atoms. The topological polar surface area (TPSA) is 78.5 Å². The van der Waals surface area contributed by atoms with Gasteiger partial charge in [0.2, 0.25) is 5.91 Å². The molecule has 152 valence electrons. The highest BCUT2D eigenvalue weighted by atomic mass is 127. The number of nitrogens with one attached hydrogen (secondary N) is 1. The van der Waals surface area contributed by atoms with Gasteiger partial charge in [0.15, 0.2) is 0 Å². The van der Waals surface area contributed by atoms with Gasteiger partial charge in [-0.1, -0.05) is 20.8 Å². The number of likely N-dealkylation sites (tertiary alicyclic amines) is 1. The van der Waals surface area contributed by atoms with E-state index in [4.69, 9.17) is 9.72 Å². The Hall–Kier alpha value is -1.84. The number of ether oxygens (including phenoxy) is 1. The molecule has 8 heteroatoms. The molecule has 3 atom stereocenters. The van der Waals surface area contributed by atoms with Crippen LogP contribution in [0.5, 0.6) is 0 Å². The predicted molar refractivity (Wildman–Crippen MR) is 116 cm³/mol. The van der Waals surface area contributed by atoms with Gasteiger partial charge >= 0.3 is 6.09 Å². The maximum Gasteiger partial charge on any atom is 0.409 e. The molecule has 1 aromatic heterocycles. The van der Waals surface area contributed by atoms with Gasteiger partial charge in [0.25, 0.3) is 0 Å². The third-order valence-corrected chi connectivity index (χ3v) is 6.01. The Labute approximate surface area is 178 Å². The smallest absolute Gasteiger partial charge is 0.409 e.